The summed E-state index contributed by atoms with van der Waals surface area (Å²) in [5, 5.41) is 0.342. The van der Waals surface area contributed by atoms with Gasteiger partial charge in [-0.05, 0) is 43.7 Å². The molecule has 108 valence electrons. The fraction of sp³-hybridized carbons (Fsp3) is 0.571. The SMILES string of the molecule is CCC(N)Cc1cc(F)cc(Cl)c1OCC1CC1.Cl. The van der Waals surface area contributed by atoms with Crippen LogP contribution < -0.4 is 10.5 Å². The van der Waals surface area contributed by atoms with Crippen molar-refractivity contribution >= 4 is 24.0 Å². The summed E-state index contributed by atoms with van der Waals surface area (Å²) in [7, 11) is 0. The maximum absolute atomic E-state index is 13.4. The monoisotopic (exact) mass is 307 g/mol. The van der Waals surface area contributed by atoms with Gasteiger partial charge in [0.2, 0.25) is 0 Å². The molecule has 19 heavy (non-hydrogen) atoms. The Kier molecular flexibility index (Phi) is 6.37. The van der Waals surface area contributed by atoms with Gasteiger partial charge in [0.25, 0.3) is 0 Å². The van der Waals surface area contributed by atoms with E-state index in [0.717, 1.165) is 12.0 Å². The third kappa shape index (κ3) is 4.83. The molecule has 0 radical (unpaired) electrons. The highest BCUT2D eigenvalue weighted by Gasteiger charge is 2.23. The van der Waals surface area contributed by atoms with Crippen LogP contribution >= 0.6 is 24.0 Å². The summed E-state index contributed by atoms with van der Waals surface area (Å²) in [5.74, 6) is 0.907. The van der Waals surface area contributed by atoms with Gasteiger partial charge in [0.15, 0.2) is 0 Å². The average Bonchev–Trinajstić information content (AvgIpc) is 3.11. The molecule has 1 aromatic carbocycles. The van der Waals surface area contributed by atoms with Crippen LogP contribution in [0.4, 0.5) is 4.39 Å². The van der Waals surface area contributed by atoms with Gasteiger partial charge in [0, 0.05) is 11.6 Å². The first kappa shape index (κ1) is 16.5. The van der Waals surface area contributed by atoms with Gasteiger partial charge in [0.1, 0.15) is 11.6 Å². The molecule has 5 heteroatoms. The Morgan fingerprint density at radius 2 is 2.16 bits per heavy atom. The van der Waals surface area contributed by atoms with Crippen LogP contribution in [-0.4, -0.2) is 12.6 Å². The van der Waals surface area contributed by atoms with Crippen LogP contribution in [0.3, 0.4) is 0 Å². The van der Waals surface area contributed by atoms with Gasteiger partial charge in [-0.2, -0.15) is 0 Å². The van der Waals surface area contributed by atoms with E-state index in [4.69, 9.17) is 22.1 Å². The van der Waals surface area contributed by atoms with Crippen molar-refractivity contribution in [3.63, 3.8) is 0 Å². The molecule has 0 aromatic heterocycles. The highest BCUT2D eigenvalue weighted by atomic mass is 35.5. The molecular formula is C14H20Cl2FNO. The molecule has 2 N–H and O–H groups in total. The first-order valence-electron chi connectivity index (χ1n) is 6.46. The Morgan fingerprint density at radius 1 is 1.47 bits per heavy atom. The largest absolute Gasteiger partial charge is 0.491 e. The fourth-order valence-corrected chi connectivity index (χ4v) is 2.12. The molecule has 1 atom stereocenters. The predicted molar refractivity (Wildman–Crippen MR) is 78.8 cm³/mol. The van der Waals surface area contributed by atoms with E-state index in [1.807, 2.05) is 6.92 Å². The van der Waals surface area contributed by atoms with Crippen LogP contribution in [0.1, 0.15) is 31.7 Å². The van der Waals surface area contributed by atoms with Crippen LogP contribution in [-0.2, 0) is 6.42 Å². The number of hydrogen-bond donors (Lipinski definition) is 1. The van der Waals surface area contributed by atoms with Crippen molar-refractivity contribution in [3.05, 3.63) is 28.5 Å². The van der Waals surface area contributed by atoms with Gasteiger partial charge < -0.3 is 10.5 Å². The lowest BCUT2D eigenvalue weighted by Crippen LogP contribution is -2.22. The third-order valence-corrected chi connectivity index (χ3v) is 3.53. The molecule has 1 aliphatic carbocycles. The summed E-state index contributed by atoms with van der Waals surface area (Å²) in [5.41, 5.74) is 6.69. The van der Waals surface area contributed by atoms with Crippen molar-refractivity contribution in [1.29, 1.82) is 0 Å². The number of ether oxygens (including phenoxy) is 1. The van der Waals surface area contributed by atoms with E-state index < -0.39 is 0 Å². The molecule has 0 aliphatic heterocycles. The standard InChI is InChI=1S/C14H19ClFNO.ClH/c1-2-12(17)6-10-5-11(16)7-13(15)14(10)18-8-9-3-4-9;/h5,7,9,12H,2-4,6,8,17H2,1H3;1H. The minimum absolute atomic E-state index is 0. The summed E-state index contributed by atoms with van der Waals surface area (Å²) >= 11 is 6.06. The lowest BCUT2D eigenvalue weighted by Gasteiger charge is -2.16. The molecule has 0 saturated heterocycles. The van der Waals surface area contributed by atoms with Crippen LogP contribution in [0.2, 0.25) is 5.02 Å². The summed E-state index contributed by atoms with van der Waals surface area (Å²) in [4.78, 5) is 0. The second-order valence-electron chi connectivity index (χ2n) is 5.00. The predicted octanol–water partition coefficient (Wildman–Crippen LogP) is 3.97. The smallest absolute Gasteiger partial charge is 0.141 e. The van der Waals surface area contributed by atoms with Crippen LogP contribution in [0.25, 0.3) is 0 Å². The van der Waals surface area contributed by atoms with Crippen molar-refractivity contribution < 1.29 is 9.13 Å². The van der Waals surface area contributed by atoms with Gasteiger partial charge in [-0.15, -0.1) is 12.4 Å². The maximum atomic E-state index is 13.4. The topological polar surface area (TPSA) is 35.2 Å². The zero-order chi connectivity index (χ0) is 13.1. The van der Waals surface area contributed by atoms with Gasteiger partial charge in [-0.1, -0.05) is 18.5 Å². The molecule has 0 bridgehead atoms. The molecule has 1 aromatic rings. The zero-order valence-corrected chi connectivity index (χ0v) is 12.6. The summed E-state index contributed by atoms with van der Waals surface area (Å²) < 4.78 is 19.1. The zero-order valence-electron chi connectivity index (χ0n) is 11.0. The first-order chi connectivity index (χ1) is 8.60. The highest BCUT2D eigenvalue weighted by molar-refractivity contribution is 6.32. The summed E-state index contributed by atoms with van der Waals surface area (Å²) in [6.45, 7) is 2.68. The van der Waals surface area contributed by atoms with Crippen molar-refractivity contribution in [3.8, 4) is 5.75 Å². The van der Waals surface area contributed by atoms with Crippen molar-refractivity contribution in [2.75, 3.05) is 6.61 Å². The number of hydrogen-bond acceptors (Lipinski definition) is 2. The van der Waals surface area contributed by atoms with Crippen LogP contribution in [0.15, 0.2) is 12.1 Å². The Hall–Kier alpha value is -0.510. The van der Waals surface area contributed by atoms with Gasteiger partial charge in [0.05, 0.1) is 11.6 Å². The van der Waals surface area contributed by atoms with Gasteiger partial charge in [-0.3, -0.25) is 0 Å². The molecule has 2 rings (SSSR count). The molecule has 0 amide bonds. The maximum Gasteiger partial charge on any atom is 0.141 e. The molecule has 1 aliphatic rings. The fourth-order valence-electron chi connectivity index (χ4n) is 1.84. The molecule has 0 heterocycles. The number of nitrogens with two attached hydrogens (primary N) is 1. The first-order valence-corrected chi connectivity index (χ1v) is 6.84. The van der Waals surface area contributed by atoms with E-state index in [1.54, 1.807) is 0 Å². The Morgan fingerprint density at radius 3 is 2.74 bits per heavy atom. The van der Waals surface area contributed by atoms with Crippen molar-refractivity contribution in [2.45, 2.75) is 38.6 Å². The Bertz CT molecular complexity index is 424. The molecule has 1 fully saturated rings. The molecule has 0 spiro atoms. The second-order valence-corrected chi connectivity index (χ2v) is 5.41. The van der Waals surface area contributed by atoms with E-state index >= 15 is 0 Å². The lowest BCUT2D eigenvalue weighted by atomic mass is 10.0. The van der Waals surface area contributed by atoms with Crippen molar-refractivity contribution in [1.82, 2.24) is 0 Å². The number of benzene rings is 1. The molecular weight excluding hydrogens is 288 g/mol. The molecule has 1 unspecified atom stereocenters. The Balaban J connectivity index is 0.00000180. The molecule has 2 nitrogen and oxygen atoms in total. The van der Waals surface area contributed by atoms with E-state index in [1.165, 1.54) is 25.0 Å². The summed E-state index contributed by atoms with van der Waals surface area (Å²) in [6, 6.07) is 2.78. The minimum atomic E-state index is -0.336. The van der Waals surface area contributed by atoms with E-state index in [0.29, 0.717) is 29.7 Å². The Labute approximate surface area is 124 Å². The normalized spacial score (nSPS) is 15.8. The quantitative estimate of drug-likeness (QED) is 0.863. The minimum Gasteiger partial charge on any atom is -0.491 e. The second kappa shape index (κ2) is 7.32. The number of halogens is 3. The van der Waals surface area contributed by atoms with E-state index in [9.17, 15) is 4.39 Å². The molecule has 1 saturated carbocycles. The average molecular weight is 308 g/mol. The highest BCUT2D eigenvalue weighted by Crippen LogP contribution is 2.34. The summed E-state index contributed by atoms with van der Waals surface area (Å²) in [6.07, 6.45) is 3.86. The number of rotatable bonds is 6. The van der Waals surface area contributed by atoms with Crippen LogP contribution in [0, 0.1) is 11.7 Å². The van der Waals surface area contributed by atoms with Gasteiger partial charge in [-0.25, -0.2) is 4.39 Å². The lowest BCUT2D eigenvalue weighted by molar-refractivity contribution is 0.295. The van der Waals surface area contributed by atoms with E-state index in [-0.39, 0.29) is 24.3 Å². The van der Waals surface area contributed by atoms with Crippen molar-refractivity contribution in [2.24, 2.45) is 11.7 Å². The van der Waals surface area contributed by atoms with E-state index in [2.05, 4.69) is 0 Å². The van der Waals surface area contributed by atoms with Crippen LogP contribution in [0.5, 0.6) is 5.75 Å². The third-order valence-electron chi connectivity index (χ3n) is 3.25. The van der Waals surface area contributed by atoms with Gasteiger partial charge >= 0.3 is 0 Å².